The van der Waals surface area contributed by atoms with Crippen LogP contribution in [0.2, 0.25) is 0 Å². The summed E-state index contributed by atoms with van der Waals surface area (Å²) in [5.41, 5.74) is 1.40. The molecule has 0 aromatic heterocycles. The van der Waals surface area contributed by atoms with Crippen LogP contribution in [0.25, 0.3) is 0 Å². The van der Waals surface area contributed by atoms with Crippen molar-refractivity contribution in [1.29, 1.82) is 0 Å². The number of carboxylic acid groups (broad SMARTS) is 1. The molecular weight excluding hydrogens is 214 g/mol. The average Bonchev–Trinajstić information content (AvgIpc) is 2.32. The predicted octanol–water partition coefficient (Wildman–Crippen LogP) is 3.01. The van der Waals surface area contributed by atoms with E-state index < -0.39 is 5.97 Å². The lowest BCUT2D eigenvalue weighted by Crippen LogP contribution is -2.41. The fraction of sp³-hybridized carbons (Fsp3) is 0.500. The maximum Gasteiger partial charge on any atom is 0.335 e. The van der Waals surface area contributed by atoms with Gasteiger partial charge < -0.3 is 10.0 Å². The zero-order valence-corrected chi connectivity index (χ0v) is 10.4. The lowest BCUT2D eigenvalue weighted by Gasteiger charge is -2.38. The molecule has 17 heavy (non-hydrogen) atoms. The summed E-state index contributed by atoms with van der Waals surface area (Å²) in [6.45, 7) is 5.48. The van der Waals surface area contributed by atoms with E-state index in [0.29, 0.717) is 17.5 Å². The number of carbonyl (C=O) groups is 1. The van der Waals surface area contributed by atoms with Crippen molar-refractivity contribution >= 4 is 11.7 Å². The molecule has 1 saturated heterocycles. The molecule has 2 unspecified atom stereocenters. The second-order valence-electron chi connectivity index (χ2n) is 5.04. The molecule has 1 fully saturated rings. The Balaban J connectivity index is 2.26. The molecule has 0 saturated carbocycles. The van der Waals surface area contributed by atoms with Gasteiger partial charge in [-0.25, -0.2) is 4.79 Å². The van der Waals surface area contributed by atoms with Gasteiger partial charge in [0.2, 0.25) is 0 Å². The molecule has 1 aliphatic heterocycles. The summed E-state index contributed by atoms with van der Waals surface area (Å²) in [6.07, 6.45) is 2.44. The summed E-state index contributed by atoms with van der Waals surface area (Å²) in [6, 6.07) is 7.74. The fourth-order valence-electron chi connectivity index (χ4n) is 2.47. The first-order valence-electron chi connectivity index (χ1n) is 6.18. The number of anilines is 1. The SMILES string of the molecule is CC1CCC(C)N(c2cccc(C(=O)O)c2)C1. The Morgan fingerprint density at radius 1 is 1.35 bits per heavy atom. The number of piperidine rings is 1. The van der Waals surface area contributed by atoms with E-state index in [1.165, 1.54) is 12.8 Å². The molecule has 1 N–H and O–H groups in total. The topological polar surface area (TPSA) is 40.5 Å². The summed E-state index contributed by atoms with van der Waals surface area (Å²) in [5.74, 6) is -0.177. The van der Waals surface area contributed by atoms with Crippen molar-refractivity contribution < 1.29 is 9.90 Å². The molecular formula is C14H19NO2. The minimum Gasteiger partial charge on any atom is -0.478 e. The van der Waals surface area contributed by atoms with Crippen molar-refractivity contribution in [2.45, 2.75) is 32.7 Å². The Morgan fingerprint density at radius 2 is 2.12 bits per heavy atom. The molecule has 2 rings (SSSR count). The Hall–Kier alpha value is -1.51. The van der Waals surface area contributed by atoms with Crippen LogP contribution < -0.4 is 4.90 Å². The molecule has 1 heterocycles. The maximum atomic E-state index is 11.0. The third-order valence-corrected chi connectivity index (χ3v) is 3.54. The van der Waals surface area contributed by atoms with E-state index in [-0.39, 0.29) is 0 Å². The van der Waals surface area contributed by atoms with Gasteiger partial charge in [-0.3, -0.25) is 0 Å². The van der Waals surface area contributed by atoms with Gasteiger partial charge in [0.25, 0.3) is 0 Å². The van der Waals surface area contributed by atoms with E-state index in [1.54, 1.807) is 12.1 Å². The number of aromatic carboxylic acids is 1. The van der Waals surface area contributed by atoms with E-state index >= 15 is 0 Å². The molecule has 0 amide bonds. The zero-order valence-electron chi connectivity index (χ0n) is 10.4. The van der Waals surface area contributed by atoms with Gasteiger partial charge in [0.15, 0.2) is 0 Å². The Morgan fingerprint density at radius 3 is 2.82 bits per heavy atom. The Kier molecular flexibility index (Phi) is 3.36. The van der Waals surface area contributed by atoms with Crippen molar-refractivity contribution in [2.75, 3.05) is 11.4 Å². The van der Waals surface area contributed by atoms with Gasteiger partial charge in [0.05, 0.1) is 5.56 Å². The Bertz CT molecular complexity index is 416. The normalized spacial score (nSPS) is 24.7. The fourth-order valence-corrected chi connectivity index (χ4v) is 2.47. The second kappa shape index (κ2) is 4.78. The molecule has 1 aromatic rings. The lowest BCUT2D eigenvalue weighted by atomic mass is 9.94. The lowest BCUT2D eigenvalue weighted by molar-refractivity contribution is 0.0697. The van der Waals surface area contributed by atoms with Gasteiger partial charge in [-0.15, -0.1) is 0 Å². The Labute approximate surface area is 102 Å². The van der Waals surface area contributed by atoms with E-state index in [4.69, 9.17) is 5.11 Å². The molecule has 2 atom stereocenters. The van der Waals surface area contributed by atoms with Crippen molar-refractivity contribution in [2.24, 2.45) is 5.92 Å². The summed E-state index contributed by atoms with van der Waals surface area (Å²) < 4.78 is 0. The van der Waals surface area contributed by atoms with Gasteiger partial charge in [-0.2, -0.15) is 0 Å². The van der Waals surface area contributed by atoms with Gasteiger partial charge in [0.1, 0.15) is 0 Å². The highest BCUT2D eigenvalue weighted by Gasteiger charge is 2.23. The maximum absolute atomic E-state index is 11.0. The van der Waals surface area contributed by atoms with Crippen LogP contribution in [0, 0.1) is 5.92 Å². The van der Waals surface area contributed by atoms with E-state index in [1.807, 2.05) is 12.1 Å². The summed E-state index contributed by atoms with van der Waals surface area (Å²) in [4.78, 5) is 13.3. The molecule has 0 radical (unpaired) electrons. The molecule has 92 valence electrons. The zero-order chi connectivity index (χ0) is 12.4. The standard InChI is InChI=1S/C14H19NO2/c1-10-6-7-11(2)15(9-10)13-5-3-4-12(8-13)14(16)17/h3-5,8,10-11H,6-7,9H2,1-2H3,(H,16,17). The quantitative estimate of drug-likeness (QED) is 0.853. The highest BCUT2D eigenvalue weighted by Crippen LogP contribution is 2.27. The van der Waals surface area contributed by atoms with Crippen LogP contribution in [0.1, 0.15) is 37.0 Å². The number of nitrogens with zero attached hydrogens (tertiary/aromatic N) is 1. The monoisotopic (exact) mass is 233 g/mol. The van der Waals surface area contributed by atoms with E-state index in [9.17, 15) is 4.79 Å². The van der Waals surface area contributed by atoms with Crippen LogP contribution in [-0.4, -0.2) is 23.7 Å². The minimum absolute atomic E-state index is 0.368. The second-order valence-corrected chi connectivity index (χ2v) is 5.04. The van der Waals surface area contributed by atoms with Crippen LogP contribution >= 0.6 is 0 Å². The first-order valence-corrected chi connectivity index (χ1v) is 6.18. The first-order chi connectivity index (χ1) is 8.08. The predicted molar refractivity (Wildman–Crippen MR) is 68.6 cm³/mol. The van der Waals surface area contributed by atoms with Gasteiger partial charge >= 0.3 is 5.97 Å². The van der Waals surface area contributed by atoms with Crippen molar-refractivity contribution in [3.8, 4) is 0 Å². The molecule has 0 spiro atoms. The first kappa shape index (κ1) is 12.0. The highest BCUT2D eigenvalue weighted by atomic mass is 16.4. The van der Waals surface area contributed by atoms with E-state index in [2.05, 4.69) is 18.7 Å². The largest absolute Gasteiger partial charge is 0.478 e. The number of hydrogen-bond donors (Lipinski definition) is 1. The molecule has 0 bridgehead atoms. The summed E-state index contributed by atoms with van der Waals surface area (Å²) in [5, 5.41) is 9.01. The number of rotatable bonds is 2. The van der Waals surface area contributed by atoms with Crippen molar-refractivity contribution in [3.05, 3.63) is 29.8 Å². The molecule has 3 heteroatoms. The molecule has 1 aromatic carbocycles. The number of benzene rings is 1. The van der Waals surface area contributed by atoms with Gasteiger partial charge in [-0.1, -0.05) is 13.0 Å². The van der Waals surface area contributed by atoms with E-state index in [0.717, 1.165) is 12.2 Å². The number of hydrogen-bond acceptors (Lipinski definition) is 2. The third-order valence-electron chi connectivity index (χ3n) is 3.54. The summed E-state index contributed by atoms with van der Waals surface area (Å²) >= 11 is 0. The van der Waals surface area contributed by atoms with Crippen molar-refractivity contribution in [1.82, 2.24) is 0 Å². The van der Waals surface area contributed by atoms with Crippen molar-refractivity contribution in [3.63, 3.8) is 0 Å². The molecule has 0 aliphatic carbocycles. The average molecular weight is 233 g/mol. The van der Waals surface area contributed by atoms with Crippen LogP contribution in [-0.2, 0) is 0 Å². The third kappa shape index (κ3) is 2.60. The van der Waals surface area contributed by atoms with Gasteiger partial charge in [0, 0.05) is 18.3 Å². The van der Waals surface area contributed by atoms with Crippen LogP contribution in [0.4, 0.5) is 5.69 Å². The molecule has 1 aliphatic rings. The number of carboxylic acids is 1. The van der Waals surface area contributed by atoms with Crippen LogP contribution in [0.5, 0.6) is 0 Å². The van der Waals surface area contributed by atoms with Crippen LogP contribution in [0.15, 0.2) is 24.3 Å². The van der Waals surface area contributed by atoms with Gasteiger partial charge in [-0.05, 0) is 43.9 Å². The minimum atomic E-state index is -0.857. The molecule has 3 nitrogen and oxygen atoms in total. The van der Waals surface area contributed by atoms with Crippen LogP contribution in [0.3, 0.4) is 0 Å². The summed E-state index contributed by atoms with van der Waals surface area (Å²) in [7, 11) is 0. The smallest absolute Gasteiger partial charge is 0.335 e. The highest BCUT2D eigenvalue weighted by molar-refractivity contribution is 5.88.